The second-order valence-corrected chi connectivity index (χ2v) is 7.38. The molecule has 0 atom stereocenters. The van der Waals surface area contributed by atoms with Crippen LogP contribution in [0.15, 0.2) is 48.5 Å². The van der Waals surface area contributed by atoms with Crippen LogP contribution >= 0.6 is 0 Å². The number of aromatic carboxylic acids is 1. The average Bonchev–Trinajstić information content (AvgIpc) is 2.73. The van der Waals surface area contributed by atoms with Crippen LogP contribution in [0.2, 0.25) is 0 Å². The number of likely N-dealkylation sites (tertiary alicyclic amines) is 1. The summed E-state index contributed by atoms with van der Waals surface area (Å²) in [5.41, 5.74) is 2.58. The Morgan fingerprint density at radius 2 is 1.61 bits per heavy atom. The molecule has 1 amide bonds. The minimum Gasteiger partial charge on any atom is -0.497 e. The van der Waals surface area contributed by atoms with Crippen LogP contribution in [-0.4, -0.2) is 42.1 Å². The van der Waals surface area contributed by atoms with Crippen molar-refractivity contribution in [3.63, 3.8) is 0 Å². The van der Waals surface area contributed by atoms with E-state index in [2.05, 4.69) is 12.1 Å². The first-order valence-electron chi connectivity index (χ1n) is 9.78. The molecule has 0 spiro atoms. The van der Waals surface area contributed by atoms with Gasteiger partial charge in [-0.2, -0.15) is 0 Å². The molecule has 5 heteroatoms. The minimum atomic E-state index is -0.930. The van der Waals surface area contributed by atoms with Gasteiger partial charge in [-0.15, -0.1) is 0 Å². The molecule has 0 unspecified atom stereocenters. The van der Waals surface area contributed by atoms with Gasteiger partial charge in [0.1, 0.15) is 5.75 Å². The van der Waals surface area contributed by atoms with Crippen LogP contribution in [0.25, 0.3) is 0 Å². The van der Waals surface area contributed by atoms with Crippen LogP contribution < -0.4 is 4.74 Å². The monoisotopic (exact) mass is 381 g/mol. The Kier molecular flexibility index (Phi) is 6.69. The molecule has 1 fully saturated rings. The summed E-state index contributed by atoms with van der Waals surface area (Å²) in [6.07, 6.45) is 4.22. The standard InChI is InChI=1S/C23H27NO4/c1-28-21-9-4-18(5-10-21)16-19-12-14-24(15-13-19)22(25)11-6-17-2-7-20(8-3-17)23(26)27/h2-5,7-10,19H,6,11-16H2,1H3,(H,26,27). The third-order valence-electron chi connectivity index (χ3n) is 5.48. The van der Waals surface area contributed by atoms with Gasteiger partial charge in [0.05, 0.1) is 12.7 Å². The highest BCUT2D eigenvalue weighted by Gasteiger charge is 2.22. The highest BCUT2D eigenvalue weighted by molar-refractivity contribution is 5.87. The van der Waals surface area contributed by atoms with E-state index < -0.39 is 5.97 Å². The summed E-state index contributed by atoms with van der Waals surface area (Å²) in [5.74, 6) is 0.744. The number of carbonyl (C=O) groups is 2. The number of aryl methyl sites for hydroxylation is 1. The van der Waals surface area contributed by atoms with E-state index in [1.54, 1.807) is 31.4 Å². The Labute approximate surface area is 165 Å². The molecular weight excluding hydrogens is 354 g/mol. The van der Waals surface area contributed by atoms with E-state index in [4.69, 9.17) is 9.84 Å². The molecule has 5 nitrogen and oxygen atoms in total. The fourth-order valence-corrected chi connectivity index (χ4v) is 3.70. The van der Waals surface area contributed by atoms with Gasteiger partial charge >= 0.3 is 5.97 Å². The van der Waals surface area contributed by atoms with Crippen molar-refractivity contribution in [2.75, 3.05) is 20.2 Å². The maximum Gasteiger partial charge on any atom is 0.335 e. The molecule has 1 aliphatic rings. The summed E-state index contributed by atoms with van der Waals surface area (Å²) < 4.78 is 5.20. The van der Waals surface area contributed by atoms with E-state index >= 15 is 0 Å². The van der Waals surface area contributed by atoms with Gasteiger partial charge in [0.15, 0.2) is 0 Å². The summed E-state index contributed by atoms with van der Waals surface area (Å²) in [7, 11) is 1.67. The zero-order valence-corrected chi connectivity index (χ0v) is 16.3. The molecule has 1 heterocycles. The molecule has 2 aromatic rings. The lowest BCUT2D eigenvalue weighted by molar-refractivity contribution is -0.132. The summed E-state index contributed by atoms with van der Waals surface area (Å²) in [5, 5.41) is 8.94. The molecule has 0 bridgehead atoms. The lowest BCUT2D eigenvalue weighted by Gasteiger charge is -2.32. The number of ether oxygens (including phenoxy) is 1. The highest BCUT2D eigenvalue weighted by atomic mass is 16.5. The molecule has 2 aromatic carbocycles. The van der Waals surface area contributed by atoms with Gasteiger partial charge in [-0.3, -0.25) is 4.79 Å². The average molecular weight is 381 g/mol. The first-order chi connectivity index (χ1) is 13.5. The molecule has 0 radical (unpaired) electrons. The first kappa shape index (κ1) is 19.9. The number of nitrogens with zero attached hydrogens (tertiary/aromatic N) is 1. The molecule has 1 aliphatic heterocycles. The van der Waals surface area contributed by atoms with E-state index in [1.807, 2.05) is 17.0 Å². The quantitative estimate of drug-likeness (QED) is 0.792. The number of carbonyl (C=O) groups excluding carboxylic acids is 1. The lowest BCUT2D eigenvalue weighted by Crippen LogP contribution is -2.39. The summed E-state index contributed by atoms with van der Waals surface area (Å²) >= 11 is 0. The normalized spacial score (nSPS) is 14.7. The van der Waals surface area contributed by atoms with Crippen LogP contribution in [0.5, 0.6) is 5.75 Å². The minimum absolute atomic E-state index is 0.185. The van der Waals surface area contributed by atoms with Gasteiger partial charge in [-0.25, -0.2) is 4.79 Å². The number of hydrogen-bond acceptors (Lipinski definition) is 3. The fourth-order valence-electron chi connectivity index (χ4n) is 3.70. The Morgan fingerprint density at radius 1 is 1.00 bits per heavy atom. The number of amides is 1. The molecule has 28 heavy (non-hydrogen) atoms. The van der Waals surface area contributed by atoms with Crippen molar-refractivity contribution in [2.45, 2.75) is 32.1 Å². The molecule has 1 N–H and O–H groups in total. The van der Waals surface area contributed by atoms with Gasteiger partial charge in [0.25, 0.3) is 0 Å². The number of piperidine rings is 1. The van der Waals surface area contributed by atoms with Crippen molar-refractivity contribution in [3.05, 3.63) is 65.2 Å². The Morgan fingerprint density at radius 3 is 2.18 bits per heavy atom. The smallest absolute Gasteiger partial charge is 0.335 e. The molecular formula is C23H27NO4. The predicted octanol–water partition coefficient (Wildman–Crippen LogP) is 3.81. The van der Waals surface area contributed by atoms with E-state index in [-0.39, 0.29) is 11.5 Å². The van der Waals surface area contributed by atoms with Crippen LogP contribution in [0.1, 0.15) is 40.7 Å². The van der Waals surface area contributed by atoms with Gasteiger partial charge in [-0.1, -0.05) is 24.3 Å². The van der Waals surface area contributed by atoms with Crippen molar-refractivity contribution >= 4 is 11.9 Å². The van der Waals surface area contributed by atoms with E-state index in [1.165, 1.54) is 5.56 Å². The number of carboxylic acid groups (broad SMARTS) is 1. The SMILES string of the molecule is COc1ccc(CC2CCN(C(=O)CCc3ccc(C(=O)O)cc3)CC2)cc1. The van der Waals surface area contributed by atoms with E-state index in [0.29, 0.717) is 18.8 Å². The van der Waals surface area contributed by atoms with E-state index in [0.717, 1.165) is 43.7 Å². The second-order valence-electron chi connectivity index (χ2n) is 7.38. The number of rotatable bonds is 7. The van der Waals surface area contributed by atoms with Crippen LogP contribution in [0.4, 0.5) is 0 Å². The molecule has 0 aliphatic carbocycles. The zero-order valence-electron chi connectivity index (χ0n) is 16.3. The largest absolute Gasteiger partial charge is 0.497 e. The van der Waals surface area contributed by atoms with Crippen molar-refractivity contribution < 1.29 is 19.4 Å². The molecule has 0 aromatic heterocycles. The van der Waals surface area contributed by atoms with Crippen molar-refractivity contribution in [1.29, 1.82) is 0 Å². The Bertz CT molecular complexity index is 790. The van der Waals surface area contributed by atoms with Crippen LogP contribution in [0, 0.1) is 5.92 Å². The number of hydrogen-bond donors (Lipinski definition) is 1. The van der Waals surface area contributed by atoms with Gasteiger partial charge in [0, 0.05) is 19.5 Å². The second kappa shape index (κ2) is 9.40. The Balaban J connectivity index is 1.42. The lowest BCUT2D eigenvalue weighted by atomic mass is 9.90. The molecule has 1 saturated heterocycles. The van der Waals surface area contributed by atoms with E-state index in [9.17, 15) is 9.59 Å². The molecule has 148 valence electrons. The van der Waals surface area contributed by atoms with Crippen molar-refractivity contribution in [1.82, 2.24) is 4.90 Å². The summed E-state index contributed by atoms with van der Waals surface area (Å²) in [4.78, 5) is 25.4. The maximum atomic E-state index is 12.5. The first-order valence-corrected chi connectivity index (χ1v) is 9.78. The predicted molar refractivity (Wildman–Crippen MR) is 108 cm³/mol. The van der Waals surface area contributed by atoms with Crippen molar-refractivity contribution in [3.8, 4) is 5.75 Å². The summed E-state index contributed by atoms with van der Waals surface area (Å²) in [6, 6.07) is 15.0. The van der Waals surface area contributed by atoms with Crippen LogP contribution in [0.3, 0.4) is 0 Å². The molecule has 3 rings (SSSR count). The number of carboxylic acids is 1. The fraction of sp³-hybridized carbons (Fsp3) is 0.391. The van der Waals surface area contributed by atoms with Gasteiger partial charge < -0.3 is 14.7 Å². The number of methoxy groups -OCH3 is 1. The third kappa shape index (κ3) is 5.35. The van der Waals surface area contributed by atoms with Crippen LogP contribution in [-0.2, 0) is 17.6 Å². The maximum absolute atomic E-state index is 12.5. The van der Waals surface area contributed by atoms with Crippen molar-refractivity contribution in [2.24, 2.45) is 5.92 Å². The topological polar surface area (TPSA) is 66.8 Å². The Hall–Kier alpha value is -2.82. The zero-order chi connectivity index (χ0) is 19.9. The summed E-state index contributed by atoms with van der Waals surface area (Å²) in [6.45, 7) is 1.63. The molecule has 0 saturated carbocycles. The highest BCUT2D eigenvalue weighted by Crippen LogP contribution is 2.23. The van der Waals surface area contributed by atoms with Gasteiger partial charge in [0.2, 0.25) is 5.91 Å². The third-order valence-corrected chi connectivity index (χ3v) is 5.48. The number of benzene rings is 2. The van der Waals surface area contributed by atoms with Gasteiger partial charge in [-0.05, 0) is 67.0 Å².